The van der Waals surface area contributed by atoms with Crippen LogP contribution in [0.3, 0.4) is 0 Å². The van der Waals surface area contributed by atoms with E-state index >= 15 is 0 Å². The molecule has 0 atom stereocenters. The first-order valence-corrected chi connectivity index (χ1v) is 4.04. The second kappa shape index (κ2) is 4.56. The molecule has 0 aliphatic rings. The van der Waals surface area contributed by atoms with Crippen molar-refractivity contribution in [2.75, 3.05) is 6.54 Å². The van der Waals surface area contributed by atoms with Gasteiger partial charge in [0, 0.05) is 0 Å². The fraction of sp³-hybridized carbons (Fsp3) is 0.400. The van der Waals surface area contributed by atoms with Gasteiger partial charge in [0.2, 0.25) is 17.0 Å². The standard InChI is InChI=1S/C5H8N6O2S/c6-3(12)1-7-4(13)2-11-5(14)8-9-10-11/h1-2H2,(H2,6,12)(H,7,13)(H,8,10,14). The van der Waals surface area contributed by atoms with E-state index in [0.717, 1.165) is 0 Å². The summed E-state index contributed by atoms with van der Waals surface area (Å²) in [6.07, 6.45) is 0. The molecule has 14 heavy (non-hydrogen) atoms. The number of carbonyl (C=O) groups is 2. The molecular formula is C5H8N6O2S. The van der Waals surface area contributed by atoms with E-state index in [2.05, 4.69) is 33.5 Å². The van der Waals surface area contributed by atoms with Crippen molar-refractivity contribution < 1.29 is 9.59 Å². The Morgan fingerprint density at radius 3 is 2.79 bits per heavy atom. The SMILES string of the molecule is NC(=O)CNC(=O)Cn1nnnc1S. The lowest BCUT2D eigenvalue weighted by Gasteiger charge is -2.01. The predicted molar refractivity (Wildman–Crippen MR) is 47.3 cm³/mol. The van der Waals surface area contributed by atoms with Crippen LogP contribution in [-0.4, -0.2) is 38.6 Å². The van der Waals surface area contributed by atoms with Crippen LogP contribution < -0.4 is 11.1 Å². The Morgan fingerprint density at radius 1 is 1.57 bits per heavy atom. The molecule has 0 aromatic carbocycles. The van der Waals surface area contributed by atoms with Crippen molar-refractivity contribution in [2.24, 2.45) is 5.73 Å². The zero-order valence-electron chi connectivity index (χ0n) is 7.04. The molecule has 1 aromatic heterocycles. The van der Waals surface area contributed by atoms with Crippen molar-refractivity contribution >= 4 is 24.4 Å². The number of thiol groups is 1. The van der Waals surface area contributed by atoms with Crippen molar-refractivity contribution in [3.05, 3.63) is 0 Å². The van der Waals surface area contributed by atoms with Crippen LogP contribution in [0.15, 0.2) is 5.16 Å². The van der Waals surface area contributed by atoms with Crippen molar-refractivity contribution in [1.82, 2.24) is 25.5 Å². The van der Waals surface area contributed by atoms with E-state index in [1.807, 2.05) is 0 Å². The minimum atomic E-state index is -0.610. The Hall–Kier alpha value is -1.64. The van der Waals surface area contributed by atoms with Crippen LogP contribution >= 0.6 is 12.6 Å². The van der Waals surface area contributed by atoms with Gasteiger partial charge in [-0.3, -0.25) is 9.59 Å². The van der Waals surface area contributed by atoms with Crippen LogP contribution in [0.5, 0.6) is 0 Å². The second-order valence-electron chi connectivity index (χ2n) is 2.38. The molecule has 0 fully saturated rings. The number of nitrogens with two attached hydrogens (primary N) is 1. The number of nitrogens with one attached hydrogen (secondary N) is 1. The largest absolute Gasteiger partial charge is 0.368 e. The number of hydrogen-bond acceptors (Lipinski definition) is 6. The molecule has 0 radical (unpaired) electrons. The predicted octanol–water partition coefficient (Wildman–Crippen LogP) is -2.44. The first kappa shape index (κ1) is 10.4. The summed E-state index contributed by atoms with van der Waals surface area (Å²) in [5.74, 6) is -1.02. The lowest BCUT2D eigenvalue weighted by Crippen LogP contribution is -2.35. The molecule has 1 heterocycles. The minimum absolute atomic E-state index is 0.0981. The number of tetrazole rings is 1. The Bertz CT molecular complexity index is 350. The maximum absolute atomic E-state index is 11.1. The van der Waals surface area contributed by atoms with Gasteiger partial charge in [0.15, 0.2) is 0 Å². The number of rotatable bonds is 4. The van der Waals surface area contributed by atoms with Gasteiger partial charge in [0.1, 0.15) is 6.54 Å². The Balaban J connectivity index is 2.42. The Labute approximate surface area is 84.2 Å². The molecule has 0 spiro atoms. The Morgan fingerprint density at radius 2 is 2.29 bits per heavy atom. The number of aromatic nitrogens is 4. The summed E-state index contributed by atoms with van der Waals surface area (Å²) in [6, 6.07) is 0. The van der Waals surface area contributed by atoms with Crippen LogP contribution in [-0.2, 0) is 16.1 Å². The van der Waals surface area contributed by atoms with Crippen LogP contribution in [0.4, 0.5) is 0 Å². The number of nitrogens with zero attached hydrogens (tertiary/aromatic N) is 4. The highest BCUT2D eigenvalue weighted by atomic mass is 32.1. The first-order valence-electron chi connectivity index (χ1n) is 3.59. The highest BCUT2D eigenvalue weighted by Crippen LogP contribution is 1.95. The molecule has 1 aromatic rings. The summed E-state index contributed by atoms with van der Waals surface area (Å²) >= 11 is 3.89. The van der Waals surface area contributed by atoms with E-state index in [0.29, 0.717) is 0 Å². The van der Waals surface area contributed by atoms with Gasteiger partial charge in [-0.1, -0.05) is 0 Å². The lowest BCUT2D eigenvalue weighted by atomic mass is 10.5. The number of amides is 2. The molecule has 1 rings (SSSR count). The maximum Gasteiger partial charge on any atom is 0.242 e. The van der Waals surface area contributed by atoms with Gasteiger partial charge in [-0.25, -0.2) is 4.68 Å². The zero-order valence-corrected chi connectivity index (χ0v) is 7.94. The fourth-order valence-electron chi connectivity index (χ4n) is 0.680. The molecule has 9 heteroatoms. The smallest absolute Gasteiger partial charge is 0.242 e. The van der Waals surface area contributed by atoms with Gasteiger partial charge in [-0.05, 0) is 10.4 Å². The van der Waals surface area contributed by atoms with Crippen LogP contribution in [0.2, 0.25) is 0 Å². The quantitative estimate of drug-likeness (QED) is 0.484. The molecule has 0 saturated heterocycles. The van der Waals surface area contributed by atoms with Gasteiger partial charge in [0.25, 0.3) is 0 Å². The van der Waals surface area contributed by atoms with Gasteiger partial charge < -0.3 is 11.1 Å². The van der Waals surface area contributed by atoms with E-state index in [1.165, 1.54) is 4.68 Å². The first-order chi connectivity index (χ1) is 6.59. The molecule has 3 N–H and O–H groups in total. The number of carbonyl (C=O) groups excluding carboxylic acids is 2. The second-order valence-corrected chi connectivity index (χ2v) is 2.78. The van der Waals surface area contributed by atoms with Gasteiger partial charge >= 0.3 is 0 Å². The monoisotopic (exact) mass is 216 g/mol. The summed E-state index contributed by atoms with van der Waals surface area (Å²) in [4.78, 5) is 21.4. The summed E-state index contributed by atoms with van der Waals surface area (Å²) in [5.41, 5.74) is 4.83. The maximum atomic E-state index is 11.1. The van der Waals surface area contributed by atoms with E-state index in [9.17, 15) is 9.59 Å². The van der Waals surface area contributed by atoms with Crippen molar-refractivity contribution in [2.45, 2.75) is 11.7 Å². The van der Waals surface area contributed by atoms with Crippen LogP contribution in [0.25, 0.3) is 0 Å². The molecular weight excluding hydrogens is 208 g/mol. The van der Waals surface area contributed by atoms with Crippen molar-refractivity contribution in [1.29, 1.82) is 0 Å². The molecule has 0 bridgehead atoms. The molecule has 0 unspecified atom stereocenters. The van der Waals surface area contributed by atoms with E-state index in [-0.39, 0.29) is 18.2 Å². The number of hydrogen-bond donors (Lipinski definition) is 3. The topological polar surface area (TPSA) is 116 Å². The van der Waals surface area contributed by atoms with Gasteiger partial charge in [-0.2, -0.15) is 0 Å². The van der Waals surface area contributed by atoms with Crippen molar-refractivity contribution in [3.8, 4) is 0 Å². The van der Waals surface area contributed by atoms with Crippen LogP contribution in [0.1, 0.15) is 0 Å². The lowest BCUT2D eigenvalue weighted by molar-refractivity contribution is -0.125. The molecule has 2 amide bonds. The minimum Gasteiger partial charge on any atom is -0.368 e. The van der Waals surface area contributed by atoms with E-state index < -0.39 is 11.8 Å². The highest BCUT2D eigenvalue weighted by molar-refractivity contribution is 7.80. The molecule has 8 nitrogen and oxygen atoms in total. The average Bonchev–Trinajstić information content (AvgIpc) is 2.49. The normalized spacial score (nSPS) is 9.79. The molecule has 0 saturated carbocycles. The highest BCUT2D eigenvalue weighted by Gasteiger charge is 2.07. The summed E-state index contributed by atoms with van der Waals surface area (Å²) in [6.45, 7) is -0.304. The van der Waals surface area contributed by atoms with Gasteiger partial charge in [0.05, 0.1) is 6.54 Å². The third-order valence-electron chi connectivity index (χ3n) is 1.27. The third-order valence-corrected chi connectivity index (χ3v) is 1.59. The van der Waals surface area contributed by atoms with E-state index in [4.69, 9.17) is 5.73 Å². The summed E-state index contributed by atoms with van der Waals surface area (Å²) < 4.78 is 1.18. The Kier molecular flexibility index (Phi) is 3.40. The van der Waals surface area contributed by atoms with Crippen LogP contribution in [0, 0.1) is 0 Å². The van der Waals surface area contributed by atoms with Gasteiger partial charge in [-0.15, -0.1) is 17.7 Å². The fourth-order valence-corrected chi connectivity index (χ4v) is 0.831. The third kappa shape index (κ3) is 3.01. The molecule has 76 valence electrons. The summed E-state index contributed by atoms with van der Waals surface area (Å²) in [5, 5.41) is 12.7. The number of primary amides is 1. The molecule has 0 aliphatic heterocycles. The van der Waals surface area contributed by atoms with Crippen molar-refractivity contribution in [3.63, 3.8) is 0 Å². The zero-order chi connectivity index (χ0) is 10.6. The summed E-state index contributed by atoms with van der Waals surface area (Å²) in [7, 11) is 0. The van der Waals surface area contributed by atoms with E-state index in [1.54, 1.807) is 0 Å². The average molecular weight is 216 g/mol. The molecule has 0 aliphatic carbocycles.